The second-order valence-electron chi connectivity index (χ2n) is 2.94. The van der Waals surface area contributed by atoms with Gasteiger partial charge in [-0.2, -0.15) is 0 Å². The molecule has 12 heavy (non-hydrogen) atoms. The van der Waals surface area contributed by atoms with E-state index in [-0.39, 0.29) is 11.1 Å². The number of halogens is 3. The van der Waals surface area contributed by atoms with Gasteiger partial charge in [0.15, 0.2) is 11.6 Å². The molecule has 0 aliphatic carbocycles. The van der Waals surface area contributed by atoms with Gasteiger partial charge in [-0.15, -0.1) is 0 Å². The van der Waals surface area contributed by atoms with E-state index in [2.05, 4.69) is 0 Å². The lowest BCUT2D eigenvalue weighted by Gasteiger charge is -2.06. The van der Waals surface area contributed by atoms with Gasteiger partial charge in [0.1, 0.15) is 5.82 Å². The van der Waals surface area contributed by atoms with E-state index in [4.69, 9.17) is 0 Å². The second-order valence-corrected chi connectivity index (χ2v) is 4.67. The van der Waals surface area contributed by atoms with Crippen LogP contribution in [0.4, 0.5) is 13.2 Å². The molecule has 0 aromatic heterocycles. The summed E-state index contributed by atoms with van der Waals surface area (Å²) in [6.07, 6.45) is 0. The van der Waals surface area contributed by atoms with Crippen molar-refractivity contribution in [1.82, 2.24) is 0 Å². The first kappa shape index (κ1) is 9.32. The molecule has 0 fully saturated rings. The molecule has 1 aromatic carbocycles. The topological polar surface area (TPSA) is 0 Å². The summed E-state index contributed by atoms with van der Waals surface area (Å²) < 4.78 is 37.9. The fraction of sp³-hybridized carbons (Fsp3) is 0.250. The van der Waals surface area contributed by atoms with Crippen molar-refractivity contribution >= 4 is 10.2 Å². The summed E-state index contributed by atoms with van der Waals surface area (Å²) in [5.74, 6) is -2.76. The van der Waals surface area contributed by atoms with Crippen molar-refractivity contribution in [2.75, 3.05) is 0 Å². The zero-order chi connectivity index (χ0) is 9.30. The van der Waals surface area contributed by atoms with Crippen LogP contribution in [0.15, 0.2) is 12.1 Å². The van der Waals surface area contributed by atoms with Gasteiger partial charge < -0.3 is 0 Å². The molecule has 1 rings (SSSR count). The first-order chi connectivity index (χ1) is 5.52. The highest BCUT2D eigenvalue weighted by atomic mass is 28.1. The number of hydrogen-bond acceptors (Lipinski definition) is 0. The molecule has 1 atom stereocenters. The van der Waals surface area contributed by atoms with Crippen LogP contribution in [0, 0.1) is 17.5 Å². The molecule has 0 N–H and O–H groups in total. The van der Waals surface area contributed by atoms with Gasteiger partial charge in [0.2, 0.25) is 0 Å². The molecule has 0 saturated carbocycles. The van der Waals surface area contributed by atoms with Crippen LogP contribution < -0.4 is 0 Å². The zero-order valence-electron chi connectivity index (χ0n) is 6.87. The van der Waals surface area contributed by atoms with E-state index in [1.54, 1.807) is 6.92 Å². The standard InChI is InChI=1S/C8H9F3Si/c1-4(12)5-2-7(10)8(11)3-6(5)9/h2-4H,1,12H3. The monoisotopic (exact) mass is 190 g/mol. The summed E-state index contributed by atoms with van der Waals surface area (Å²) in [5, 5.41) is 0. The lowest BCUT2D eigenvalue weighted by atomic mass is 10.1. The summed E-state index contributed by atoms with van der Waals surface area (Å²) >= 11 is 0. The Morgan fingerprint density at radius 2 is 1.58 bits per heavy atom. The van der Waals surface area contributed by atoms with E-state index in [1.165, 1.54) is 0 Å². The van der Waals surface area contributed by atoms with Crippen molar-refractivity contribution < 1.29 is 13.2 Å². The quantitative estimate of drug-likeness (QED) is 0.465. The lowest BCUT2D eigenvalue weighted by Crippen LogP contribution is -1.99. The summed E-state index contributed by atoms with van der Waals surface area (Å²) in [6, 6.07) is 1.53. The Morgan fingerprint density at radius 1 is 1.08 bits per heavy atom. The molecule has 0 aliphatic heterocycles. The number of hydrogen-bond donors (Lipinski definition) is 0. The van der Waals surface area contributed by atoms with E-state index < -0.39 is 17.5 Å². The Hall–Kier alpha value is -0.773. The summed E-state index contributed by atoms with van der Waals surface area (Å²) in [5.41, 5.74) is 0.265. The molecule has 0 bridgehead atoms. The summed E-state index contributed by atoms with van der Waals surface area (Å²) in [4.78, 5) is 0. The van der Waals surface area contributed by atoms with Crippen molar-refractivity contribution in [2.24, 2.45) is 0 Å². The Balaban J connectivity index is 3.23. The summed E-state index contributed by atoms with van der Waals surface area (Å²) in [6.45, 7) is 1.78. The van der Waals surface area contributed by atoms with E-state index in [0.29, 0.717) is 6.07 Å². The van der Waals surface area contributed by atoms with Crippen molar-refractivity contribution in [1.29, 1.82) is 0 Å². The molecule has 0 saturated heterocycles. The van der Waals surface area contributed by atoms with Gasteiger partial charge in [0.25, 0.3) is 0 Å². The normalized spacial score (nSPS) is 13.3. The predicted molar refractivity (Wildman–Crippen MR) is 44.7 cm³/mol. The maximum Gasteiger partial charge on any atom is 0.161 e. The van der Waals surface area contributed by atoms with E-state index in [9.17, 15) is 13.2 Å². The van der Waals surface area contributed by atoms with Crippen LogP contribution in [0.2, 0.25) is 0 Å². The van der Waals surface area contributed by atoms with Crippen molar-refractivity contribution in [3.05, 3.63) is 35.1 Å². The predicted octanol–water partition coefficient (Wildman–Crippen LogP) is 1.53. The first-order valence-corrected chi connectivity index (χ1v) is 4.82. The van der Waals surface area contributed by atoms with Crippen molar-refractivity contribution in [2.45, 2.75) is 12.5 Å². The number of rotatable bonds is 1. The molecule has 4 heteroatoms. The highest BCUT2D eigenvalue weighted by Gasteiger charge is 2.11. The van der Waals surface area contributed by atoms with Gasteiger partial charge in [-0.05, 0) is 17.2 Å². The molecular formula is C8H9F3Si. The van der Waals surface area contributed by atoms with Crippen molar-refractivity contribution in [3.8, 4) is 0 Å². The molecule has 0 amide bonds. The van der Waals surface area contributed by atoms with E-state index in [0.717, 1.165) is 16.3 Å². The fourth-order valence-corrected chi connectivity index (χ4v) is 1.42. The third-order valence-electron chi connectivity index (χ3n) is 1.66. The molecule has 0 nitrogen and oxygen atoms in total. The van der Waals surface area contributed by atoms with Crippen LogP contribution in [-0.4, -0.2) is 10.2 Å². The molecule has 1 unspecified atom stereocenters. The van der Waals surface area contributed by atoms with Crippen LogP contribution >= 0.6 is 0 Å². The third kappa shape index (κ3) is 1.69. The molecule has 0 radical (unpaired) electrons. The van der Waals surface area contributed by atoms with Crippen LogP contribution in [0.3, 0.4) is 0 Å². The number of benzene rings is 1. The molecule has 66 valence electrons. The molecular weight excluding hydrogens is 181 g/mol. The minimum absolute atomic E-state index is 0.0000926. The van der Waals surface area contributed by atoms with Crippen LogP contribution in [0.1, 0.15) is 18.0 Å². The largest absolute Gasteiger partial charge is 0.207 e. The van der Waals surface area contributed by atoms with E-state index >= 15 is 0 Å². The van der Waals surface area contributed by atoms with Gasteiger partial charge in [0.05, 0.1) is 0 Å². The average molecular weight is 190 g/mol. The maximum absolute atomic E-state index is 12.9. The highest BCUT2D eigenvalue weighted by Crippen LogP contribution is 2.19. The first-order valence-electron chi connectivity index (χ1n) is 3.67. The lowest BCUT2D eigenvalue weighted by molar-refractivity contribution is 0.490. The van der Waals surface area contributed by atoms with Crippen LogP contribution in [0.25, 0.3) is 0 Å². The molecule has 1 aromatic rings. The fourth-order valence-electron chi connectivity index (χ4n) is 0.980. The van der Waals surface area contributed by atoms with Gasteiger partial charge in [-0.25, -0.2) is 13.2 Å². The minimum Gasteiger partial charge on any atom is -0.207 e. The zero-order valence-corrected chi connectivity index (χ0v) is 8.87. The Bertz CT molecular complexity index is 297. The molecule has 0 spiro atoms. The molecule has 0 heterocycles. The SMILES string of the molecule is CC([SiH3])c1cc(F)c(F)cc1F. The second kappa shape index (κ2) is 3.31. The van der Waals surface area contributed by atoms with Gasteiger partial charge in [-0.3, -0.25) is 0 Å². The van der Waals surface area contributed by atoms with E-state index in [1.807, 2.05) is 0 Å². The Labute approximate surface area is 71.8 Å². The third-order valence-corrected chi connectivity index (χ3v) is 2.28. The Kier molecular flexibility index (Phi) is 2.57. The minimum atomic E-state index is -1.13. The van der Waals surface area contributed by atoms with Crippen LogP contribution in [-0.2, 0) is 0 Å². The Morgan fingerprint density at radius 3 is 2.08 bits per heavy atom. The van der Waals surface area contributed by atoms with Gasteiger partial charge >= 0.3 is 0 Å². The smallest absolute Gasteiger partial charge is 0.161 e. The maximum atomic E-state index is 12.9. The molecule has 0 aliphatic rings. The van der Waals surface area contributed by atoms with Gasteiger partial charge in [-0.1, -0.05) is 6.92 Å². The van der Waals surface area contributed by atoms with Crippen molar-refractivity contribution in [3.63, 3.8) is 0 Å². The van der Waals surface area contributed by atoms with Gasteiger partial charge in [0, 0.05) is 16.3 Å². The van der Waals surface area contributed by atoms with Crippen LogP contribution in [0.5, 0.6) is 0 Å². The highest BCUT2D eigenvalue weighted by molar-refractivity contribution is 6.12. The average Bonchev–Trinajstić information content (AvgIpc) is 1.96. The summed E-state index contributed by atoms with van der Waals surface area (Å²) in [7, 11) is 0.722.